The lowest BCUT2D eigenvalue weighted by molar-refractivity contribution is 0.183. The summed E-state index contributed by atoms with van der Waals surface area (Å²) in [4.78, 5) is 0. The van der Waals surface area contributed by atoms with Gasteiger partial charge in [-0.1, -0.05) is 5.21 Å². The fraction of sp³-hybridized carbons (Fsp3) is 0.429. The van der Waals surface area contributed by atoms with Crippen LogP contribution in [0.5, 0.6) is 0 Å². The zero-order valence-electron chi connectivity index (χ0n) is 11.0. The Morgan fingerprint density at radius 2 is 2.21 bits per heavy atom. The first kappa shape index (κ1) is 12.2. The lowest BCUT2D eigenvalue weighted by Crippen LogP contribution is -2.26. The zero-order chi connectivity index (χ0) is 13.1. The molecule has 1 aliphatic heterocycles. The molecule has 19 heavy (non-hydrogen) atoms. The summed E-state index contributed by atoms with van der Waals surface area (Å²) in [7, 11) is 0. The van der Waals surface area contributed by atoms with Crippen LogP contribution in [0.3, 0.4) is 0 Å². The maximum atomic E-state index is 5.43. The maximum Gasteiger partial charge on any atom is 0.0697 e. The monoisotopic (exact) mass is 258 g/mol. The quantitative estimate of drug-likeness (QED) is 0.912. The maximum absolute atomic E-state index is 5.43. The van der Waals surface area contributed by atoms with E-state index in [0.29, 0.717) is 12.0 Å². The highest BCUT2D eigenvalue weighted by Gasteiger charge is 2.21. The van der Waals surface area contributed by atoms with Crippen molar-refractivity contribution in [2.75, 3.05) is 18.5 Å². The number of nitrogens with zero attached hydrogens (tertiary/aromatic N) is 3. The van der Waals surface area contributed by atoms with Crippen LogP contribution in [0.25, 0.3) is 5.69 Å². The molecule has 0 saturated carbocycles. The third-order valence-corrected chi connectivity index (χ3v) is 3.62. The van der Waals surface area contributed by atoms with Gasteiger partial charge in [-0.05, 0) is 37.6 Å². The molecule has 100 valence electrons. The Morgan fingerprint density at radius 3 is 2.84 bits per heavy atom. The molecule has 2 aromatic rings. The molecule has 0 spiro atoms. The first-order valence-corrected chi connectivity index (χ1v) is 6.64. The van der Waals surface area contributed by atoms with Crippen molar-refractivity contribution in [3.63, 3.8) is 0 Å². The predicted molar refractivity (Wildman–Crippen MR) is 73.4 cm³/mol. The summed E-state index contributed by atoms with van der Waals surface area (Å²) in [6, 6.07) is 8.65. The van der Waals surface area contributed by atoms with Crippen LogP contribution in [-0.4, -0.2) is 34.2 Å². The van der Waals surface area contributed by atoms with Crippen molar-refractivity contribution in [3.05, 3.63) is 36.7 Å². The standard InChI is InChI=1S/C14H18N4O/c1-11(12-6-9-19-10-12)16-13-2-4-14(5-3-13)18-8-7-15-17-18/h2-5,7-8,11-12,16H,6,9-10H2,1H3/t11-,12+/m1/s1. The molecule has 5 nitrogen and oxygen atoms in total. The summed E-state index contributed by atoms with van der Waals surface area (Å²) in [6.07, 6.45) is 4.65. The van der Waals surface area contributed by atoms with Gasteiger partial charge < -0.3 is 10.1 Å². The van der Waals surface area contributed by atoms with Crippen LogP contribution in [0.2, 0.25) is 0 Å². The second kappa shape index (κ2) is 5.40. The second-order valence-electron chi connectivity index (χ2n) is 4.95. The molecule has 0 bridgehead atoms. The average molecular weight is 258 g/mol. The van der Waals surface area contributed by atoms with E-state index >= 15 is 0 Å². The molecular weight excluding hydrogens is 240 g/mol. The van der Waals surface area contributed by atoms with E-state index in [9.17, 15) is 0 Å². The van der Waals surface area contributed by atoms with E-state index in [2.05, 4.69) is 34.7 Å². The normalized spacial score (nSPS) is 20.4. The first-order chi connectivity index (χ1) is 9.33. The largest absolute Gasteiger partial charge is 0.382 e. The molecule has 1 fully saturated rings. The van der Waals surface area contributed by atoms with Gasteiger partial charge in [0.25, 0.3) is 0 Å². The number of aromatic nitrogens is 3. The fourth-order valence-electron chi connectivity index (χ4n) is 2.38. The van der Waals surface area contributed by atoms with Gasteiger partial charge in [0.2, 0.25) is 0 Å². The predicted octanol–water partition coefficient (Wildman–Crippen LogP) is 2.10. The van der Waals surface area contributed by atoms with Crippen LogP contribution < -0.4 is 5.32 Å². The Labute approximate surface area is 112 Å². The molecule has 0 aliphatic carbocycles. The highest BCUT2D eigenvalue weighted by Crippen LogP contribution is 2.21. The lowest BCUT2D eigenvalue weighted by atomic mass is 10.0. The average Bonchev–Trinajstić information content (AvgIpc) is 3.13. The van der Waals surface area contributed by atoms with Gasteiger partial charge in [-0.2, -0.15) is 0 Å². The molecule has 0 radical (unpaired) electrons. The summed E-state index contributed by atoms with van der Waals surface area (Å²) in [5.74, 6) is 0.606. The number of anilines is 1. The second-order valence-corrected chi connectivity index (χ2v) is 4.95. The highest BCUT2D eigenvalue weighted by molar-refractivity contribution is 5.49. The molecule has 2 heterocycles. The number of hydrogen-bond donors (Lipinski definition) is 1. The number of hydrogen-bond acceptors (Lipinski definition) is 4. The van der Waals surface area contributed by atoms with Crippen molar-refractivity contribution in [2.24, 2.45) is 5.92 Å². The summed E-state index contributed by atoms with van der Waals surface area (Å²) in [5.41, 5.74) is 2.14. The first-order valence-electron chi connectivity index (χ1n) is 6.64. The van der Waals surface area contributed by atoms with Crippen molar-refractivity contribution >= 4 is 5.69 Å². The van der Waals surface area contributed by atoms with Crippen LogP contribution in [0.4, 0.5) is 5.69 Å². The van der Waals surface area contributed by atoms with Crippen LogP contribution >= 0.6 is 0 Å². The van der Waals surface area contributed by atoms with E-state index in [4.69, 9.17) is 4.74 Å². The zero-order valence-corrected chi connectivity index (χ0v) is 11.0. The van der Waals surface area contributed by atoms with Crippen LogP contribution in [0, 0.1) is 5.92 Å². The molecule has 1 aromatic heterocycles. The third-order valence-electron chi connectivity index (χ3n) is 3.62. The van der Waals surface area contributed by atoms with Gasteiger partial charge in [0.15, 0.2) is 0 Å². The Morgan fingerprint density at radius 1 is 1.37 bits per heavy atom. The van der Waals surface area contributed by atoms with Gasteiger partial charge >= 0.3 is 0 Å². The van der Waals surface area contributed by atoms with Gasteiger partial charge in [-0.15, -0.1) is 5.10 Å². The summed E-state index contributed by atoms with van der Waals surface area (Å²) < 4.78 is 7.17. The molecule has 1 saturated heterocycles. The van der Waals surface area contributed by atoms with Crippen molar-refractivity contribution in [2.45, 2.75) is 19.4 Å². The van der Waals surface area contributed by atoms with Crippen molar-refractivity contribution in [3.8, 4) is 5.69 Å². The summed E-state index contributed by atoms with van der Waals surface area (Å²) in [6.45, 7) is 3.97. The van der Waals surface area contributed by atoms with Crippen molar-refractivity contribution in [1.82, 2.24) is 15.0 Å². The van der Waals surface area contributed by atoms with E-state index in [-0.39, 0.29) is 0 Å². The number of benzene rings is 1. The van der Waals surface area contributed by atoms with Crippen molar-refractivity contribution in [1.29, 1.82) is 0 Å². The Hall–Kier alpha value is -1.88. The van der Waals surface area contributed by atoms with Crippen LogP contribution in [0.15, 0.2) is 36.7 Å². The van der Waals surface area contributed by atoms with Crippen LogP contribution in [0.1, 0.15) is 13.3 Å². The molecule has 1 aliphatic rings. The lowest BCUT2D eigenvalue weighted by Gasteiger charge is -2.20. The Kier molecular flexibility index (Phi) is 3.46. The van der Waals surface area contributed by atoms with E-state index < -0.39 is 0 Å². The SMILES string of the molecule is C[C@@H](Nc1ccc(-n2ccnn2)cc1)[C@H]1CCOC1. The molecule has 3 rings (SSSR count). The minimum absolute atomic E-state index is 0.430. The Balaban J connectivity index is 1.65. The summed E-state index contributed by atoms with van der Waals surface area (Å²) >= 11 is 0. The molecule has 1 N–H and O–H groups in total. The molecule has 0 amide bonds. The van der Waals surface area contributed by atoms with Gasteiger partial charge in [0.1, 0.15) is 0 Å². The molecule has 0 unspecified atom stereocenters. The summed E-state index contributed by atoms with van der Waals surface area (Å²) in [5, 5.41) is 11.3. The number of rotatable bonds is 4. The smallest absolute Gasteiger partial charge is 0.0697 e. The van der Waals surface area contributed by atoms with Gasteiger partial charge in [-0.3, -0.25) is 0 Å². The minimum atomic E-state index is 0.430. The number of nitrogens with one attached hydrogen (secondary N) is 1. The third kappa shape index (κ3) is 2.76. The Bertz CT molecular complexity index is 503. The highest BCUT2D eigenvalue weighted by atomic mass is 16.5. The van der Waals surface area contributed by atoms with Crippen molar-refractivity contribution < 1.29 is 4.74 Å². The minimum Gasteiger partial charge on any atom is -0.382 e. The molecule has 5 heteroatoms. The molecule has 2 atom stereocenters. The van der Waals surface area contributed by atoms with Gasteiger partial charge in [0, 0.05) is 24.3 Å². The van der Waals surface area contributed by atoms with Crippen LogP contribution in [-0.2, 0) is 4.74 Å². The van der Waals surface area contributed by atoms with E-state index in [1.165, 1.54) is 0 Å². The van der Waals surface area contributed by atoms with E-state index in [1.54, 1.807) is 10.9 Å². The molecular formula is C14H18N4O. The molecule has 1 aromatic carbocycles. The number of ether oxygens (including phenoxy) is 1. The van der Waals surface area contributed by atoms with Gasteiger partial charge in [0.05, 0.1) is 24.7 Å². The topological polar surface area (TPSA) is 52.0 Å². The van der Waals surface area contributed by atoms with E-state index in [1.807, 2.05) is 18.3 Å². The van der Waals surface area contributed by atoms with E-state index in [0.717, 1.165) is 31.0 Å². The fourth-order valence-corrected chi connectivity index (χ4v) is 2.38. The van der Waals surface area contributed by atoms with Gasteiger partial charge in [-0.25, -0.2) is 4.68 Å².